The lowest BCUT2D eigenvalue weighted by Crippen LogP contribution is -2.14. The van der Waals surface area contributed by atoms with Crippen molar-refractivity contribution in [3.63, 3.8) is 0 Å². The molecule has 112 valence electrons. The largest absolute Gasteiger partial charge is 0.493 e. The number of hydrogen-bond donors (Lipinski definition) is 2. The van der Waals surface area contributed by atoms with E-state index in [1.807, 2.05) is 0 Å². The third kappa shape index (κ3) is 2.76. The van der Waals surface area contributed by atoms with Crippen LogP contribution < -0.4 is 5.69 Å². The number of H-pyrrole nitrogens is 1. The van der Waals surface area contributed by atoms with Crippen molar-refractivity contribution in [1.29, 1.82) is 0 Å². The van der Waals surface area contributed by atoms with Gasteiger partial charge in [-0.3, -0.25) is 0 Å². The second-order valence-electron chi connectivity index (χ2n) is 4.85. The van der Waals surface area contributed by atoms with Crippen LogP contribution in [0.1, 0.15) is 11.3 Å². The van der Waals surface area contributed by atoms with Crippen LogP contribution in [0, 0.1) is 5.82 Å². The molecule has 0 unspecified atom stereocenters. The highest BCUT2D eigenvalue weighted by Crippen LogP contribution is 2.22. The fourth-order valence-electron chi connectivity index (χ4n) is 2.26. The lowest BCUT2D eigenvalue weighted by Gasteiger charge is -2.04. The normalized spacial score (nSPS) is 10.8. The van der Waals surface area contributed by atoms with E-state index in [4.69, 9.17) is 11.6 Å². The number of hydrogen-bond acceptors (Lipinski definition) is 2. The summed E-state index contributed by atoms with van der Waals surface area (Å²) in [6.07, 6.45) is 0.287. The Balaban J connectivity index is 2.00. The number of aromatic hydroxyl groups is 1. The molecular weight excluding hydrogens is 307 g/mol. The first-order valence-corrected chi connectivity index (χ1v) is 6.95. The van der Waals surface area contributed by atoms with Gasteiger partial charge in [0.2, 0.25) is 5.88 Å². The van der Waals surface area contributed by atoms with Crippen LogP contribution in [0.4, 0.5) is 4.39 Å². The van der Waals surface area contributed by atoms with E-state index in [-0.39, 0.29) is 18.1 Å². The molecule has 0 saturated carbocycles. The van der Waals surface area contributed by atoms with Crippen LogP contribution in [0.25, 0.3) is 5.69 Å². The Morgan fingerprint density at radius 3 is 2.59 bits per heavy atom. The number of benzene rings is 2. The topological polar surface area (TPSA) is 58.0 Å². The fourth-order valence-corrected chi connectivity index (χ4v) is 2.44. The van der Waals surface area contributed by atoms with Crippen LogP contribution in [0.5, 0.6) is 5.88 Å². The van der Waals surface area contributed by atoms with E-state index in [9.17, 15) is 14.3 Å². The lowest BCUT2D eigenvalue weighted by atomic mass is 10.1. The lowest BCUT2D eigenvalue weighted by molar-refractivity contribution is 0.435. The van der Waals surface area contributed by atoms with Gasteiger partial charge in [0, 0.05) is 11.4 Å². The van der Waals surface area contributed by atoms with E-state index in [2.05, 4.69) is 4.98 Å². The highest BCUT2D eigenvalue weighted by molar-refractivity contribution is 6.30. The zero-order valence-electron chi connectivity index (χ0n) is 11.4. The van der Waals surface area contributed by atoms with Gasteiger partial charge in [0.15, 0.2) is 0 Å². The van der Waals surface area contributed by atoms with Crippen molar-refractivity contribution in [3.05, 3.63) is 81.1 Å². The van der Waals surface area contributed by atoms with Gasteiger partial charge in [-0.15, -0.1) is 0 Å². The molecule has 0 radical (unpaired) electrons. The predicted octanol–water partition coefficient (Wildman–Crippen LogP) is 3.25. The van der Waals surface area contributed by atoms with E-state index in [1.165, 1.54) is 12.1 Å². The van der Waals surface area contributed by atoms with Gasteiger partial charge in [-0.1, -0.05) is 29.8 Å². The number of imidazole rings is 1. The third-order valence-corrected chi connectivity index (χ3v) is 3.54. The summed E-state index contributed by atoms with van der Waals surface area (Å²) in [6.45, 7) is 0. The van der Waals surface area contributed by atoms with E-state index >= 15 is 0 Å². The van der Waals surface area contributed by atoms with Crippen LogP contribution in [-0.2, 0) is 6.42 Å². The van der Waals surface area contributed by atoms with Crippen molar-refractivity contribution in [2.45, 2.75) is 6.42 Å². The van der Waals surface area contributed by atoms with Crippen LogP contribution in [-0.4, -0.2) is 14.7 Å². The van der Waals surface area contributed by atoms with Crippen LogP contribution >= 0.6 is 11.6 Å². The number of aromatic nitrogens is 2. The molecule has 0 spiro atoms. The van der Waals surface area contributed by atoms with E-state index < -0.39 is 5.69 Å². The van der Waals surface area contributed by atoms with Crippen molar-refractivity contribution in [2.75, 3.05) is 0 Å². The molecule has 3 aromatic rings. The quantitative estimate of drug-likeness (QED) is 0.779. The second kappa shape index (κ2) is 5.69. The first-order chi connectivity index (χ1) is 10.5. The minimum Gasteiger partial charge on any atom is -0.493 e. The summed E-state index contributed by atoms with van der Waals surface area (Å²) >= 11 is 5.91. The minimum absolute atomic E-state index is 0.184. The monoisotopic (exact) mass is 318 g/mol. The first kappa shape index (κ1) is 14.4. The van der Waals surface area contributed by atoms with Crippen molar-refractivity contribution in [3.8, 4) is 11.6 Å². The average Bonchev–Trinajstić information content (AvgIpc) is 2.76. The Kier molecular flexibility index (Phi) is 3.73. The molecule has 2 N–H and O–H groups in total. The average molecular weight is 319 g/mol. The van der Waals surface area contributed by atoms with Gasteiger partial charge in [0.25, 0.3) is 0 Å². The van der Waals surface area contributed by atoms with Crippen LogP contribution in [0.3, 0.4) is 0 Å². The van der Waals surface area contributed by atoms with E-state index in [0.29, 0.717) is 16.4 Å². The smallest absolute Gasteiger partial charge is 0.333 e. The summed E-state index contributed by atoms with van der Waals surface area (Å²) in [5, 5.41) is 10.7. The zero-order chi connectivity index (χ0) is 15.7. The van der Waals surface area contributed by atoms with Gasteiger partial charge in [-0.25, -0.2) is 13.8 Å². The molecule has 1 heterocycles. The van der Waals surface area contributed by atoms with E-state index in [1.54, 1.807) is 36.4 Å². The Labute approximate surface area is 130 Å². The molecule has 2 aromatic carbocycles. The number of halogens is 2. The standard InChI is InChI=1S/C16H12ClFN2O2/c17-11-2-1-3-13(9-11)20-15(21)14(19-16(20)22)8-10-4-6-12(18)7-5-10/h1-7,9,21H,8H2,(H,19,22). The van der Waals surface area contributed by atoms with Gasteiger partial charge in [0.1, 0.15) is 5.82 Å². The fraction of sp³-hybridized carbons (Fsp3) is 0.0625. The Morgan fingerprint density at radius 1 is 1.18 bits per heavy atom. The molecule has 6 heteroatoms. The van der Waals surface area contributed by atoms with Gasteiger partial charge in [-0.2, -0.15) is 0 Å². The summed E-state index contributed by atoms with van der Waals surface area (Å²) in [4.78, 5) is 14.7. The maximum absolute atomic E-state index is 12.9. The minimum atomic E-state index is -0.461. The molecule has 3 rings (SSSR count). The van der Waals surface area contributed by atoms with Crippen LogP contribution in [0.2, 0.25) is 5.02 Å². The maximum atomic E-state index is 12.9. The van der Waals surface area contributed by atoms with Crippen molar-refractivity contribution in [2.24, 2.45) is 0 Å². The summed E-state index contributed by atoms with van der Waals surface area (Å²) in [6, 6.07) is 12.5. The zero-order valence-corrected chi connectivity index (χ0v) is 12.1. The van der Waals surface area contributed by atoms with Gasteiger partial charge < -0.3 is 10.1 Å². The Bertz CT molecular complexity index is 869. The summed E-state index contributed by atoms with van der Waals surface area (Å²) in [5.74, 6) is -0.519. The Hall–Kier alpha value is -2.53. The molecule has 0 aliphatic carbocycles. The van der Waals surface area contributed by atoms with Gasteiger partial charge in [0.05, 0.1) is 11.4 Å². The number of nitrogens with zero attached hydrogens (tertiary/aromatic N) is 1. The molecule has 0 fully saturated rings. The first-order valence-electron chi connectivity index (χ1n) is 6.58. The highest BCUT2D eigenvalue weighted by atomic mass is 35.5. The summed E-state index contributed by atoms with van der Waals surface area (Å²) < 4.78 is 14.1. The number of aromatic amines is 1. The molecule has 22 heavy (non-hydrogen) atoms. The van der Waals surface area contributed by atoms with Crippen molar-refractivity contribution >= 4 is 11.6 Å². The molecule has 0 atom stereocenters. The summed E-state index contributed by atoms with van der Waals surface area (Å²) in [5.41, 5.74) is 1.14. The SMILES string of the molecule is O=c1[nH]c(Cc2ccc(F)cc2)c(O)n1-c1cccc(Cl)c1. The Morgan fingerprint density at radius 2 is 1.91 bits per heavy atom. The van der Waals surface area contributed by atoms with Crippen LogP contribution in [0.15, 0.2) is 53.3 Å². The van der Waals surface area contributed by atoms with Gasteiger partial charge >= 0.3 is 5.69 Å². The second-order valence-corrected chi connectivity index (χ2v) is 5.29. The third-order valence-electron chi connectivity index (χ3n) is 3.30. The van der Waals surface area contributed by atoms with Gasteiger partial charge in [-0.05, 0) is 35.9 Å². The molecule has 0 aliphatic heterocycles. The molecule has 1 aromatic heterocycles. The molecule has 0 bridgehead atoms. The highest BCUT2D eigenvalue weighted by Gasteiger charge is 2.15. The molecule has 0 aliphatic rings. The molecule has 4 nitrogen and oxygen atoms in total. The molecule has 0 saturated heterocycles. The number of nitrogens with one attached hydrogen (secondary N) is 1. The maximum Gasteiger partial charge on any atom is 0.333 e. The number of rotatable bonds is 3. The summed E-state index contributed by atoms with van der Waals surface area (Å²) in [7, 11) is 0. The van der Waals surface area contributed by atoms with Crippen molar-refractivity contribution in [1.82, 2.24) is 9.55 Å². The van der Waals surface area contributed by atoms with Crippen molar-refractivity contribution < 1.29 is 9.50 Å². The molecule has 0 amide bonds. The van der Waals surface area contributed by atoms with E-state index in [0.717, 1.165) is 10.1 Å². The molecular formula is C16H12ClFN2O2. The predicted molar refractivity (Wildman–Crippen MR) is 82.3 cm³/mol.